The molecule has 0 aromatic heterocycles. The molecule has 19 heavy (non-hydrogen) atoms. The summed E-state index contributed by atoms with van der Waals surface area (Å²) in [6.07, 6.45) is 0. The quantitative estimate of drug-likeness (QED) is 0.749. The molecule has 4 heteroatoms. The summed E-state index contributed by atoms with van der Waals surface area (Å²) in [4.78, 5) is 0. The van der Waals surface area contributed by atoms with Crippen molar-refractivity contribution in [3.8, 4) is 0 Å². The van der Waals surface area contributed by atoms with Gasteiger partial charge in [0.15, 0.2) is 0 Å². The summed E-state index contributed by atoms with van der Waals surface area (Å²) in [5.41, 5.74) is 2.32. The molecule has 1 atom stereocenters. The Hall–Kier alpha value is -0.540. The van der Waals surface area contributed by atoms with Crippen LogP contribution in [-0.4, -0.2) is 0 Å². The predicted octanol–water partition coefficient (Wildman–Crippen LogP) is 5.61. The van der Waals surface area contributed by atoms with Crippen molar-refractivity contribution in [3.63, 3.8) is 0 Å². The molecule has 0 aliphatic rings. The highest BCUT2D eigenvalue weighted by Gasteiger charge is 2.06. The molecule has 100 valence electrons. The fraction of sp³-hybridized carbons (Fsp3) is 0.200. The van der Waals surface area contributed by atoms with Gasteiger partial charge in [0.1, 0.15) is 0 Å². The minimum atomic E-state index is 0.259. The third-order valence-electron chi connectivity index (χ3n) is 2.88. The molecule has 0 fully saturated rings. The minimum Gasteiger partial charge on any atom is -0.306 e. The van der Waals surface area contributed by atoms with Gasteiger partial charge in [-0.1, -0.05) is 51.3 Å². The number of nitrogens with one attached hydrogen (secondary N) is 1. The maximum absolute atomic E-state index is 5.98. The van der Waals surface area contributed by atoms with Crippen molar-refractivity contribution < 1.29 is 0 Å². The molecule has 1 nitrogen and oxygen atoms in total. The van der Waals surface area contributed by atoms with Gasteiger partial charge < -0.3 is 5.32 Å². The third-order valence-corrected chi connectivity index (χ3v) is 3.81. The molecule has 0 amide bonds. The largest absolute Gasteiger partial charge is 0.306 e. The minimum absolute atomic E-state index is 0.259. The number of hydrogen-bond donors (Lipinski definition) is 1. The van der Waals surface area contributed by atoms with Crippen LogP contribution in [0.15, 0.2) is 46.9 Å². The van der Waals surface area contributed by atoms with Crippen molar-refractivity contribution in [2.75, 3.05) is 0 Å². The topological polar surface area (TPSA) is 12.0 Å². The van der Waals surface area contributed by atoms with Crippen LogP contribution < -0.4 is 5.32 Å². The molecule has 0 aliphatic heterocycles. The highest BCUT2D eigenvalue weighted by atomic mass is 79.9. The van der Waals surface area contributed by atoms with Crippen molar-refractivity contribution in [3.05, 3.63) is 68.1 Å². The van der Waals surface area contributed by atoms with Crippen LogP contribution in [0.2, 0.25) is 10.0 Å². The molecule has 0 saturated carbocycles. The van der Waals surface area contributed by atoms with Crippen LogP contribution >= 0.6 is 39.1 Å². The average molecular weight is 359 g/mol. The molecule has 0 radical (unpaired) electrons. The van der Waals surface area contributed by atoms with E-state index in [-0.39, 0.29) is 6.04 Å². The molecular weight excluding hydrogens is 345 g/mol. The maximum Gasteiger partial charge on any atom is 0.0424 e. The first-order valence-electron chi connectivity index (χ1n) is 5.98. The van der Waals surface area contributed by atoms with Gasteiger partial charge in [0, 0.05) is 27.1 Å². The van der Waals surface area contributed by atoms with Crippen molar-refractivity contribution in [1.29, 1.82) is 0 Å². The molecular formula is C15H14BrCl2N. The highest BCUT2D eigenvalue weighted by molar-refractivity contribution is 9.10. The van der Waals surface area contributed by atoms with Crippen LogP contribution in [0, 0.1) is 0 Å². The van der Waals surface area contributed by atoms with Gasteiger partial charge in [-0.15, -0.1) is 0 Å². The molecule has 2 aromatic carbocycles. The molecule has 2 rings (SSSR count). The van der Waals surface area contributed by atoms with Gasteiger partial charge in [0.25, 0.3) is 0 Å². The van der Waals surface area contributed by atoms with E-state index in [4.69, 9.17) is 23.2 Å². The summed E-state index contributed by atoms with van der Waals surface area (Å²) in [6.45, 7) is 2.86. The molecule has 0 aliphatic carbocycles. The lowest BCUT2D eigenvalue weighted by Gasteiger charge is -2.15. The zero-order valence-corrected chi connectivity index (χ0v) is 13.6. The van der Waals surface area contributed by atoms with Crippen molar-refractivity contribution >= 4 is 39.1 Å². The Kier molecular flexibility index (Phi) is 5.28. The highest BCUT2D eigenvalue weighted by Crippen LogP contribution is 2.21. The molecule has 2 aromatic rings. The SMILES string of the molecule is C[C@H](NCc1cc(Cl)cc(Cl)c1)c1cccc(Br)c1. The molecule has 0 heterocycles. The molecule has 0 bridgehead atoms. The maximum atomic E-state index is 5.98. The van der Waals surface area contributed by atoms with E-state index in [1.807, 2.05) is 24.3 Å². The first-order valence-corrected chi connectivity index (χ1v) is 7.53. The van der Waals surface area contributed by atoms with E-state index in [0.29, 0.717) is 10.0 Å². The lowest BCUT2D eigenvalue weighted by molar-refractivity contribution is 0.574. The molecule has 0 saturated heterocycles. The Balaban J connectivity index is 2.02. The van der Waals surface area contributed by atoms with Gasteiger partial charge >= 0.3 is 0 Å². The second kappa shape index (κ2) is 6.76. The average Bonchev–Trinajstić information content (AvgIpc) is 2.35. The van der Waals surface area contributed by atoms with E-state index in [1.165, 1.54) is 5.56 Å². The number of hydrogen-bond acceptors (Lipinski definition) is 1. The Labute approximate surface area is 132 Å². The second-order valence-electron chi connectivity index (χ2n) is 4.44. The summed E-state index contributed by atoms with van der Waals surface area (Å²) in [6, 6.07) is 14.1. The molecule has 0 unspecified atom stereocenters. The Bertz CT molecular complexity index is 552. The number of rotatable bonds is 4. The fourth-order valence-electron chi connectivity index (χ4n) is 1.88. The number of benzene rings is 2. The monoisotopic (exact) mass is 357 g/mol. The summed E-state index contributed by atoms with van der Waals surface area (Å²) in [5, 5.41) is 4.79. The van der Waals surface area contributed by atoms with Crippen LogP contribution in [0.25, 0.3) is 0 Å². The Morgan fingerprint density at radius 1 is 1.11 bits per heavy atom. The Morgan fingerprint density at radius 3 is 2.42 bits per heavy atom. The van der Waals surface area contributed by atoms with E-state index in [1.54, 1.807) is 6.07 Å². The van der Waals surface area contributed by atoms with Crippen LogP contribution in [0.3, 0.4) is 0 Å². The van der Waals surface area contributed by atoms with Crippen molar-refractivity contribution in [2.45, 2.75) is 19.5 Å². The van der Waals surface area contributed by atoms with Gasteiger partial charge in [-0.3, -0.25) is 0 Å². The lowest BCUT2D eigenvalue weighted by atomic mass is 10.1. The normalized spacial score (nSPS) is 12.4. The first kappa shape index (κ1) is 14.9. The zero-order valence-electron chi connectivity index (χ0n) is 10.5. The van der Waals surface area contributed by atoms with Crippen LogP contribution in [0.1, 0.15) is 24.1 Å². The van der Waals surface area contributed by atoms with Crippen LogP contribution in [0.4, 0.5) is 0 Å². The zero-order chi connectivity index (χ0) is 13.8. The van der Waals surface area contributed by atoms with Crippen molar-refractivity contribution in [1.82, 2.24) is 5.32 Å². The summed E-state index contributed by atoms with van der Waals surface area (Å²) >= 11 is 15.5. The Morgan fingerprint density at radius 2 is 1.79 bits per heavy atom. The van der Waals surface area contributed by atoms with Crippen LogP contribution in [0.5, 0.6) is 0 Å². The predicted molar refractivity (Wildman–Crippen MR) is 85.9 cm³/mol. The third kappa shape index (κ3) is 4.50. The van der Waals surface area contributed by atoms with Crippen LogP contribution in [-0.2, 0) is 6.54 Å². The first-order chi connectivity index (χ1) is 9.04. The van der Waals surface area contributed by atoms with E-state index < -0.39 is 0 Å². The second-order valence-corrected chi connectivity index (χ2v) is 6.22. The van der Waals surface area contributed by atoms with E-state index >= 15 is 0 Å². The molecule has 0 spiro atoms. The van der Waals surface area contributed by atoms with Gasteiger partial charge in [0.05, 0.1) is 0 Å². The fourth-order valence-corrected chi connectivity index (χ4v) is 2.87. The summed E-state index contributed by atoms with van der Waals surface area (Å²) in [5.74, 6) is 0. The summed E-state index contributed by atoms with van der Waals surface area (Å²) in [7, 11) is 0. The van der Waals surface area contributed by atoms with E-state index in [0.717, 1.165) is 16.6 Å². The van der Waals surface area contributed by atoms with Gasteiger partial charge in [-0.2, -0.15) is 0 Å². The smallest absolute Gasteiger partial charge is 0.0424 e. The summed E-state index contributed by atoms with van der Waals surface area (Å²) < 4.78 is 1.09. The van der Waals surface area contributed by atoms with Crippen molar-refractivity contribution in [2.24, 2.45) is 0 Å². The van der Waals surface area contributed by atoms with E-state index in [9.17, 15) is 0 Å². The standard InChI is InChI=1S/C15H14BrCl2N/c1-10(12-3-2-4-13(16)7-12)19-9-11-5-14(17)8-15(18)6-11/h2-8,10,19H,9H2,1H3/t10-/m0/s1. The van der Waals surface area contributed by atoms with Gasteiger partial charge in [-0.05, 0) is 48.4 Å². The number of halogens is 3. The van der Waals surface area contributed by atoms with E-state index in [2.05, 4.69) is 40.3 Å². The lowest BCUT2D eigenvalue weighted by Crippen LogP contribution is -2.18. The molecule has 1 N–H and O–H groups in total. The van der Waals surface area contributed by atoms with Gasteiger partial charge in [0.2, 0.25) is 0 Å². The van der Waals surface area contributed by atoms with Gasteiger partial charge in [-0.25, -0.2) is 0 Å².